The van der Waals surface area contributed by atoms with Crippen molar-refractivity contribution in [3.05, 3.63) is 65.2 Å². The first-order valence-corrected chi connectivity index (χ1v) is 12.3. The number of anilines is 1. The Morgan fingerprint density at radius 3 is 2.36 bits per heavy atom. The highest BCUT2D eigenvalue weighted by Crippen LogP contribution is 2.32. The van der Waals surface area contributed by atoms with Crippen molar-refractivity contribution in [3.63, 3.8) is 0 Å². The normalized spacial score (nSPS) is 21.2. The molecule has 1 atom stereocenters. The number of benzene rings is 2. The van der Waals surface area contributed by atoms with Gasteiger partial charge in [-0.15, -0.1) is 0 Å². The van der Waals surface area contributed by atoms with Crippen LogP contribution in [0.1, 0.15) is 35.6 Å². The highest BCUT2D eigenvalue weighted by atomic mass is 16.2. The fourth-order valence-electron chi connectivity index (χ4n) is 5.50. The molecule has 2 amide bonds. The highest BCUT2D eigenvalue weighted by molar-refractivity contribution is 5.86. The molecule has 0 aromatic heterocycles. The molecule has 0 aliphatic carbocycles. The molecule has 2 aromatic carbocycles. The van der Waals surface area contributed by atoms with Gasteiger partial charge in [0.2, 0.25) is 11.8 Å². The van der Waals surface area contributed by atoms with Gasteiger partial charge < -0.3 is 14.7 Å². The molecule has 0 radical (unpaired) electrons. The van der Waals surface area contributed by atoms with Gasteiger partial charge in [-0.25, -0.2) is 0 Å². The highest BCUT2D eigenvalue weighted by Gasteiger charge is 2.37. The van der Waals surface area contributed by atoms with E-state index in [9.17, 15) is 9.59 Å². The molecule has 3 aliphatic rings. The number of nitrogens with zero attached hydrogens (tertiary/aromatic N) is 4. The predicted octanol–water partition coefficient (Wildman–Crippen LogP) is 2.87. The summed E-state index contributed by atoms with van der Waals surface area (Å²) in [5, 5.41) is 0. The van der Waals surface area contributed by atoms with Crippen LogP contribution in [0.3, 0.4) is 0 Å². The average Bonchev–Trinajstić information content (AvgIpc) is 3.39. The van der Waals surface area contributed by atoms with Crippen molar-refractivity contribution in [2.75, 3.05) is 57.3 Å². The van der Waals surface area contributed by atoms with E-state index in [-0.39, 0.29) is 17.9 Å². The monoisotopic (exact) mass is 446 g/mol. The Bertz CT molecular complexity index is 1010. The zero-order valence-corrected chi connectivity index (χ0v) is 19.6. The number of aryl methyl sites for hydroxylation is 1. The number of hydrogen-bond acceptors (Lipinski definition) is 4. The molecule has 2 fully saturated rings. The van der Waals surface area contributed by atoms with Crippen LogP contribution in [0, 0.1) is 6.92 Å². The van der Waals surface area contributed by atoms with Crippen molar-refractivity contribution < 1.29 is 9.59 Å². The van der Waals surface area contributed by atoms with Gasteiger partial charge >= 0.3 is 0 Å². The Morgan fingerprint density at radius 1 is 0.848 bits per heavy atom. The lowest BCUT2D eigenvalue weighted by Crippen LogP contribution is -2.53. The molecule has 3 heterocycles. The quantitative estimate of drug-likeness (QED) is 0.725. The summed E-state index contributed by atoms with van der Waals surface area (Å²) in [4.78, 5) is 35.3. The lowest BCUT2D eigenvalue weighted by molar-refractivity contribution is -0.140. The SMILES string of the molecule is Cc1cccc(N2CCN(C(=O)CN3CCc4ccccc4[C@@H]3C(=O)N3CCCC3)CC2)c1. The largest absolute Gasteiger partial charge is 0.368 e. The number of fused-ring (bicyclic) bond motifs is 1. The molecule has 33 heavy (non-hydrogen) atoms. The Kier molecular flexibility index (Phi) is 6.36. The van der Waals surface area contributed by atoms with E-state index >= 15 is 0 Å². The fourth-order valence-corrected chi connectivity index (χ4v) is 5.50. The van der Waals surface area contributed by atoms with Gasteiger partial charge in [-0.2, -0.15) is 0 Å². The number of likely N-dealkylation sites (tertiary alicyclic amines) is 1. The van der Waals surface area contributed by atoms with Crippen LogP contribution in [-0.2, 0) is 16.0 Å². The molecule has 0 unspecified atom stereocenters. The summed E-state index contributed by atoms with van der Waals surface area (Å²) in [6.07, 6.45) is 3.03. The lowest BCUT2D eigenvalue weighted by Gasteiger charge is -2.40. The van der Waals surface area contributed by atoms with Crippen LogP contribution >= 0.6 is 0 Å². The van der Waals surface area contributed by atoms with Gasteiger partial charge in [0.15, 0.2) is 0 Å². The molecule has 174 valence electrons. The van der Waals surface area contributed by atoms with E-state index in [4.69, 9.17) is 0 Å². The van der Waals surface area contributed by atoms with Crippen LogP contribution in [0.2, 0.25) is 0 Å². The third kappa shape index (κ3) is 4.62. The Hall–Kier alpha value is -2.86. The number of hydrogen-bond donors (Lipinski definition) is 0. The van der Waals surface area contributed by atoms with Gasteiger partial charge in [0.05, 0.1) is 6.54 Å². The maximum Gasteiger partial charge on any atom is 0.244 e. The second-order valence-corrected chi connectivity index (χ2v) is 9.56. The van der Waals surface area contributed by atoms with Crippen LogP contribution in [0.5, 0.6) is 0 Å². The van der Waals surface area contributed by atoms with E-state index < -0.39 is 0 Å². The molecule has 5 rings (SSSR count). The molecule has 0 spiro atoms. The first kappa shape index (κ1) is 22.0. The number of rotatable bonds is 4. The summed E-state index contributed by atoms with van der Waals surface area (Å²) in [6, 6.07) is 16.5. The van der Waals surface area contributed by atoms with E-state index in [1.807, 2.05) is 21.9 Å². The molecular formula is C27H34N4O2. The summed E-state index contributed by atoms with van der Waals surface area (Å²) in [6.45, 7) is 7.96. The van der Waals surface area contributed by atoms with Gasteiger partial charge in [0.25, 0.3) is 0 Å². The minimum atomic E-state index is -0.342. The Balaban J connectivity index is 1.26. The Labute approximate surface area is 196 Å². The number of piperazine rings is 1. The van der Waals surface area contributed by atoms with E-state index in [1.54, 1.807) is 0 Å². The van der Waals surface area contributed by atoms with Gasteiger partial charge in [-0.3, -0.25) is 14.5 Å². The summed E-state index contributed by atoms with van der Waals surface area (Å²) < 4.78 is 0. The summed E-state index contributed by atoms with van der Waals surface area (Å²) in [5.41, 5.74) is 4.80. The molecule has 0 saturated carbocycles. The maximum absolute atomic E-state index is 13.5. The summed E-state index contributed by atoms with van der Waals surface area (Å²) in [7, 11) is 0. The van der Waals surface area contributed by atoms with Gasteiger partial charge in [0, 0.05) is 51.5 Å². The molecule has 2 aromatic rings. The third-order valence-corrected chi connectivity index (χ3v) is 7.37. The van der Waals surface area contributed by atoms with Crippen LogP contribution < -0.4 is 4.90 Å². The minimum absolute atomic E-state index is 0.137. The second kappa shape index (κ2) is 9.56. The Morgan fingerprint density at radius 2 is 1.61 bits per heavy atom. The first-order valence-electron chi connectivity index (χ1n) is 12.3. The van der Waals surface area contributed by atoms with Crippen LogP contribution in [-0.4, -0.2) is 78.9 Å². The van der Waals surface area contributed by atoms with Crippen LogP contribution in [0.4, 0.5) is 5.69 Å². The smallest absolute Gasteiger partial charge is 0.244 e. The third-order valence-electron chi connectivity index (χ3n) is 7.37. The number of carbonyl (C=O) groups is 2. The van der Waals surface area contributed by atoms with Crippen molar-refractivity contribution in [2.45, 2.75) is 32.2 Å². The van der Waals surface area contributed by atoms with Gasteiger partial charge in [-0.1, -0.05) is 36.4 Å². The lowest BCUT2D eigenvalue weighted by atomic mass is 9.91. The molecule has 2 saturated heterocycles. The van der Waals surface area contributed by atoms with E-state index in [2.05, 4.69) is 53.1 Å². The second-order valence-electron chi connectivity index (χ2n) is 9.56. The standard InChI is InChI=1S/C27H34N4O2/c1-21-7-6-9-23(19-21)28-15-17-29(18-16-28)25(32)20-31-14-11-22-8-2-3-10-24(22)26(31)27(33)30-12-4-5-13-30/h2-3,6-10,19,26H,4-5,11-18,20H2,1H3/t26-/m1/s1. The van der Waals surface area contributed by atoms with Crippen molar-refractivity contribution in [1.82, 2.24) is 14.7 Å². The average molecular weight is 447 g/mol. The van der Waals surface area contributed by atoms with Gasteiger partial charge in [0.1, 0.15) is 6.04 Å². The zero-order valence-electron chi connectivity index (χ0n) is 19.6. The van der Waals surface area contributed by atoms with E-state index in [1.165, 1.54) is 16.8 Å². The van der Waals surface area contributed by atoms with Crippen LogP contribution in [0.15, 0.2) is 48.5 Å². The molecule has 0 bridgehead atoms. The molecule has 6 nitrogen and oxygen atoms in total. The van der Waals surface area contributed by atoms with Gasteiger partial charge in [-0.05, 0) is 55.0 Å². The maximum atomic E-state index is 13.5. The predicted molar refractivity (Wildman–Crippen MR) is 130 cm³/mol. The topological polar surface area (TPSA) is 47.1 Å². The summed E-state index contributed by atoms with van der Waals surface area (Å²) in [5.74, 6) is 0.300. The van der Waals surface area contributed by atoms with Crippen molar-refractivity contribution in [2.24, 2.45) is 0 Å². The van der Waals surface area contributed by atoms with Crippen molar-refractivity contribution >= 4 is 17.5 Å². The molecule has 6 heteroatoms. The zero-order chi connectivity index (χ0) is 22.8. The molecule has 3 aliphatic heterocycles. The number of carbonyl (C=O) groups excluding carboxylic acids is 2. The number of amides is 2. The fraction of sp³-hybridized carbons (Fsp3) is 0.481. The summed E-state index contributed by atoms with van der Waals surface area (Å²) >= 11 is 0. The van der Waals surface area contributed by atoms with Crippen LogP contribution in [0.25, 0.3) is 0 Å². The van der Waals surface area contributed by atoms with E-state index in [0.717, 1.165) is 70.6 Å². The first-order chi connectivity index (χ1) is 16.1. The van der Waals surface area contributed by atoms with Crippen molar-refractivity contribution in [1.29, 1.82) is 0 Å². The molecular weight excluding hydrogens is 412 g/mol. The van der Waals surface area contributed by atoms with Crippen molar-refractivity contribution in [3.8, 4) is 0 Å². The molecule has 0 N–H and O–H groups in total. The minimum Gasteiger partial charge on any atom is -0.368 e. The van der Waals surface area contributed by atoms with E-state index in [0.29, 0.717) is 6.54 Å².